The molecule has 30 heavy (non-hydrogen) atoms. The maximum absolute atomic E-state index is 5.51. The summed E-state index contributed by atoms with van der Waals surface area (Å²) in [5.41, 5.74) is 1.52. The van der Waals surface area contributed by atoms with E-state index in [0.717, 1.165) is 63.5 Å². The number of nitrogens with one attached hydrogen (secondary N) is 1. The van der Waals surface area contributed by atoms with Gasteiger partial charge in [-0.25, -0.2) is 9.97 Å². The van der Waals surface area contributed by atoms with Crippen LogP contribution < -0.4 is 5.32 Å². The van der Waals surface area contributed by atoms with Crippen LogP contribution in [0.4, 0.5) is 5.82 Å². The number of morpholine rings is 1. The number of anilines is 1. The van der Waals surface area contributed by atoms with Crippen molar-refractivity contribution in [3.05, 3.63) is 16.3 Å². The molecule has 6 nitrogen and oxygen atoms in total. The molecule has 0 bridgehead atoms. The van der Waals surface area contributed by atoms with Gasteiger partial charge in [0.05, 0.1) is 25.1 Å². The zero-order valence-corrected chi connectivity index (χ0v) is 19.1. The minimum atomic E-state index is 0.814. The van der Waals surface area contributed by atoms with E-state index in [-0.39, 0.29) is 0 Å². The van der Waals surface area contributed by atoms with Crippen molar-refractivity contribution < 1.29 is 4.74 Å². The summed E-state index contributed by atoms with van der Waals surface area (Å²) in [4.78, 5) is 17.8. The van der Waals surface area contributed by atoms with Crippen LogP contribution in [0.1, 0.15) is 48.9 Å². The molecule has 0 saturated carbocycles. The van der Waals surface area contributed by atoms with Crippen LogP contribution in [-0.4, -0.2) is 72.3 Å². The molecule has 0 amide bonds. The van der Waals surface area contributed by atoms with Gasteiger partial charge in [0.25, 0.3) is 0 Å². The van der Waals surface area contributed by atoms with Crippen molar-refractivity contribution in [2.24, 2.45) is 5.92 Å². The molecule has 1 unspecified atom stereocenters. The van der Waals surface area contributed by atoms with Gasteiger partial charge in [0.2, 0.25) is 0 Å². The minimum Gasteiger partial charge on any atom is -0.379 e. The number of nitrogens with zero attached hydrogens (tertiary/aromatic N) is 4. The summed E-state index contributed by atoms with van der Waals surface area (Å²) < 4.78 is 5.51. The van der Waals surface area contributed by atoms with Gasteiger partial charge in [-0.05, 0) is 56.6 Å². The number of ether oxygens (including phenoxy) is 1. The standard InChI is InChI=1S/C23H35N5OS/c1-17-5-4-9-27(15-17)10-8-24-22-21-18-6-2-3-7-19(18)30-23(21)26-20(25-22)16-28-11-13-29-14-12-28/h17H,2-16H2,1H3,(H,24,25,26). The molecule has 1 atom stereocenters. The van der Waals surface area contributed by atoms with Gasteiger partial charge in [0.15, 0.2) is 0 Å². The van der Waals surface area contributed by atoms with Gasteiger partial charge in [0, 0.05) is 37.6 Å². The molecule has 0 radical (unpaired) electrons. The van der Waals surface area contributed by atoms with Crippen LogP contribution in [0.15, 0.2) is 0 Å². The Hall–Kier alpha value is -1.28. The number of aromatic nitrogens is 2. The molecule has 2 aliphatic heterocycles. The van der Waals surface area contributed by atoms with Gasteiger partial charge in [-0.1, -0.05) is 6.92 Å². The van der Waals surface area contributed by atoms with E-state index < -0.39 is 0 Å². The van der Waals surface area contributed by atoms with Crippen molar-refractivity contribution in [2.75, 3.05) is 57.8 Å². The fourth-order valence-electron chi connectivity index (χ4n) is 5.18. The molecule has 164 valence electrons. The number of aryl methyl sites for hydroxylation is 2. The molecule has 2 fully saturated rings. The lowest BCUT2D eigenvalue weighted by atomic mass is 9.97. The molecule has 4 heterocycles. The van der Waals surface area contributed by atoms with Crippen molar-refractivity contribution in [1.29, 1.82) is 0 Å². The number of piperidine rings is 1. The van der Waals surface area contributed by atoms with E-state index in [4.69, 9.17) is 14.7 Å². The third-order valence-electron chi connectivity index (χ3n) is 6.79. The van der Waals surface area contributed by atoms with Gasteiger partial charge in [-0.3, -0.25) is 4.90 Å². The van der Waals surface area contributed by atoms with Crippen LogP contribution in [0.3, 0.4) is 0 Å². The number of hydrogen-bond donors (Lipinski definition) is 1. The van der Waals surface area contributed by atoms with Gasteiger partial charge >= 0.3 is 0 Å². The summed E-state index contributed by atoms with van der Waals surface area (Å²) >= 11 is 1.91. The van der Waals surface area contributed by atoms with E-state index in [2.05, 4.69) is 22.0 Å². The highest BCUT2D eigenvalue weighted by Crippen LogP contribution is 2.38. The van der Waals surface area contributed by atoms with Crippen LogP contribution in [0.25, 0.3) is 10.2 Å². The monoisotopic (exact) mass is 429 g/mol. The second-order valence-electron chi connectivity index (χ2n) is 9.24. The fraction of sp³-hybridized carbons (Fsp3) is 0.739. The van der Waals surface area contributed by atoms with E-state index in [1.807, 2.05) is 11.3 Å². The fourth-order valence-corrected chi connectivity index (χ4v) is 6.46. The van der Waals surface area contributed by atoms with Crippen LogP contribution in [-0.2, 0) is 24.1 Å². The predicted molar refractivity (Wildman–Crippen MR) is 123 cm³/mol. The summed E-state index contributed by atoms with van der Waals surface area (Å²) in [7, 11) is 0. The number of rotatable bonds is 6. The van der Waals surface area contributed by atoms with Crippen molar-refractivity contribution >= 4 is 27.4 Å². The third-order valence-corrected chi connectivity index (χ3v) is 7.98. The van der Waals surface area contributed by atoms with Gasteiger partial charge in [-0.2, -0.15) is 0 Å². The minimum absolute atomic E-state index is 0.814. The predicted octanol–water partition coefficient (Wildman–Crippen LogP) is 3.55. The lowest BCUT2D eigenvalue weighted by Gasteiger charge is -2.30. The zero-order chi connectivity index (χ0) is 20.3. The highest BCUT2D eigenvalue weighted by atomic mass is 32.1. The molecule has 2 aromatic heterocycles. The molecule has 0 aromatic carbocycles. The van der Waals surface area contributed by atoms with E-state index in [0.29, 0.717) is 0 Å². The highest BCUT2D eigenvalue weighted by Gasteiger charge is 2.22. The third kappa shape index (κ3) is 4.64. The molecule has 7 heteroatoms. The molecular formula is C23H35N5OS. The van der Waals surface area contributed by atoms with Crippen molar-refractivity contribution in [1.82, 2.24) is 19.8 Å². The number of thiophene rings is 1. The lowest BCUT2D eigenvalue weighted by molar-refractivity contribution is 0.0331. The van der Waals surface area contributed by atoms with E-state index >= 15 is 0 Å². The van der Waals surface area contributed by atoms with Crippen LogP contribution in [0.2, 0.25) is 0 Å². The van der Waals surface area contributed by atoms with Gasteiger partial charge in [-0.15, -0.1) is 11.3 Å². The number of likely N-dealkylation sites (tertiary alicyclic amines) is 1. The van der Waals surface area contributed by atoms with Crippen LogP contribution >= 0.6 is 11.3 Å². The molecule has 1 aliphatic carbocycles. The van der Waals surface area contributed by atoms with E-state index in [1.54, 1.807) is 4.88 Å². The Labute approximate surface area is 184 Å². The Morgan fingerprint density at radius 2 is 1.93 bits per heavy atom. The number of hydrogen-bond acceptors (Lipinski definition) is 7. The van der Waals surface area contributed by atoms with Crippen molar-refractivity contribution in [3.8, 4) is 0 Å². The maximum Gasteiger partial charge on any atom is 0.146 e. The average Bonchev–Trinajstić information content (AvgIpc) is 3.13. The van der Waals surface area contributed by atoms with Crippen LogP contribution in [0, 0.1) is 5.92 Å². The Balaban J connectivity index is 1.36. The molecule has 5 rings (SSSR count). The SMILES string of the molecule is CC1CCCN(CCNc2nc(CN3CCOCC3)nc3sc4c(c23)CCCC4)C1. The molecular weight excluding hydrogens is 394 g/mol. The molecule has 1 N–H and O–H groups in total. The maximum atomic E-state index is 5.51. The zero-order valence-electron chi connectivity index (χ0n) is 18.3. The Bertz CT molecular complexity index is 863. The number of fused-ring (bicyclic) bond motifs is 3. The summed E-state index contributed by atoms with van der Waals surface area (Å²) in [6.07, 6.45) is 7.70. The summed E-state index contributed by atoms with van der Waals surface area (Å²) in [6, 6.07) is 0. The Morgan fingerprint density at radius 3 is 2.80 bits per heavy atom. The Morgan fingerprint density at radius 1 is 1.07 bits per heavy atom. The van der Waals surface area contributed by atoms with Crippen molar-refractivity contribution in [3.63, 3.8) is 0 Å². The summed E-state index contributed by atoms with van der Waals surface area (Å²) in [5.74, 6) is 2.86. The van der Waals surface area contributed by atoms with E-state index in [1.165, 1.54) is 67.4 Å². The van der Waals surface area contributed by atoms with Crippen molar-refractivity contribution in [2.45, 2.75) is 52.0 Å². The normalized spacial score (nSPS) is 23.6. The highest BCUT2D eigenvalue weighted by molar-refractivity contribution is 7.19. The molecule has 0 spiro atoms. The topological polar surface area (TPSA) is 53.5 Å². The second-order valence-corrected chi connectivity index (χ2v) is 10.3. The largest absolute Gasteiger partial charge is 0.379 e. The van der Waals surface area contributed by atoms with Crippen LogP contribution in [0.5, 0.6) is 0 Å². The summed E-state index contributed by atoms with van der Waals surface area (Å²) in [5, 5.41) is 5.05. The molecule has 2 saturated heterocycles. The van der Waals surface area contributed by atoms with Gasteiger partial charge in [0.1, 0.15) is 16.5 Å². The first-order chi connectivity index (χ1) is 14.8. The lowest BCUT2D eigenvalue weighted by Crippen LogP contribution is -2.37. The quantitative estimate of drug-likeness (QED) is 0.758. The first kappa shape index (κ1) is 20.6. The second kappa shape index (κ2) is 9.47. The smallest absolute Gasteiger partial charge is 0.146 e. The van der Waals surface area contributed by atoms with E-state index in [9.17, 15) is 0 Å². The first-order valence-electron chi connectivity index (χ1n) is 11.8. The average molecular weight is 430 g/mol. The van der Waals surface area contributed by atoms with Gasteiger partial charge < -0.3 is 15.0 Å². The molecule has 3 aliphatic rings. The first-order valence-corrected chi connectivity index (χ1v) is 12.7. The summed E-state index contributed by atoms with van der Waals surface area (Å²) in [6.45, 7) is 11.3. The molecule has 2 aromatic rings. The Kier molecular flexibility index (Phi) is 6.51.